The van der Waals surface area contributed by atoms with E-state index in [-0.39, 0.29) is 4.90 Å². The predicted octanol–water partition coefficient (Wildman–Crippen LogP) is 1.18. The highest BCUT2D eigenvalue weighted by Gasteiger charge is 2.19. The summed E-state index contributed by atoms with van der Waals surface area (Å²) in [7, 11) is -4.47. The van der Waals surface area contributed by atoms with E-state index in [0.29, 0.717) is 5.69 Å². The third kappa shape index (κ3) is 2.35. The Labute approximate surface area is 99.9 Å². The van der Waals surface area contributed by atoms with Crippen molar-refractivity contribution in [2.24, 2.45) is 0 Å². The van der Waals surface area contributed by atoms with E-state index in [1.807, 2.05) is 6.07 Å². The highest BCUT2D eigenvalue weighted by Crippen LogP contribution is 2.18. The van der Waals surface area contributed by atoms with Crippen molar-refractivity contribution in [1.82, 2.24) is 0 Å². The van der Waals surface area contributed by atoms with Crippen LogP contribution in [0.2, 0.25) is 0 Å². The van der Waals surface area contributed by atoms with Gasteiger partial charge in [-0.25, -0.2) is 8.42 Å². The molecule has 5 heteroatoms. The Morgan fingerprint density at radius 1 is 1.06 bits per heavy atom. The molecule has 1 aromatic heterocycles. The van der Waals surface area contributed by atoms with Crippen LogP contribution in [0.4, 0.5) is 0 Å². The number of aryl methyl sites for hydroxylation is 1. The molecule has 0 fully saturated rings. The lowest BCUT2D eigenvalue weighted by Crippen LogP contribution is -2.32. The zero-order chi connectivity index (χ0) is 12.5. The van der Waals surface area contributed by atoms with Crippen molar-refractivity contribution < 1.29 is 17.5 Å². The molecule has 0 saturated carbocycles. The van der Waals surface area contributed by atoms with Crippen LogP contribution in [0.15, 0.2) is 53.7 Å². The summed E-state index contributed by atoms with van der Waals surface area (Å²) >= 11 is 0. The maximum atomic E-state index is 11.2. The van der Waals surface area contributed by atoms with Gasteiger partial charge in [0.25, 0.3) is 0 Å². The van der Waals surface area contributed by atoms with Crippen LogP contribution in [-0.2, 0) is 10.1 Å². The molecule has 0 aliphatic rings. The number of hydrogen-bond acceptors (Lipinski definition) is 3. The second kappa shape index (κ2) is 4.27. The highest BCUT2D eigenvalue weighted by atomic mass is 32.2. The molecule has 4 nitrogen and oxygen atoms in total. The smallest absolute Gasteiger partial charge is 0.231 e. The Balaban J connectivity index is 2.78. The van der Waals surface area contributed by atoms with Crippen LogP contribution < -0.4 is 4.57 Å². The molecule has 0 aliphatic heterocycles. The second-order valence-corrected chi connectivity index (χ2v) is 5.01. The van der Waals surface area contributed by atoms with Gasteiger partial charge in [-0.2, -0.15) is 4.57 Å². The van der Waals surface area contributed by atoms with Crippen molar-refractivity contribution in [3.05, 3.63) is 54.4 Å². The van der Waals surface area contributed by atoms with Gasteiger partial charge in [-0.05, 0) is 13.0 Å². The van der Waals surface area contributed by atoms with Crippen LogP contribution in [0.25, 0.3) is 5.69 Å². The summed E-state index contributed by atoms with van der Waals surface area (Å²) in [4.78, 5) is -0.200. The summed E-state index contributed by atoms with van der Waals surface area (Å²) in [6.07, 6.45) is 3.41. The number of aromatic nitrogens is 1. The number of rotatable bonds is 2. The Bertz CT molecular complexity index is 636. The fourth-order valence-corrected chi connectivity index (χ4v) is 2.46. The molecule has 0 saturated heterocycles. The Morgan fingerprint density at radius 3 is 2.29 bits per heavy atom. The first kappa shape index (κ1) is 11.8. The first-order valence-electron chi connectivity index (χ1n) is 5.02. The van der Waals surface area contributed by atoms with E-state index < -0.39 is 10.1 Å². The molecule has 1 aromatic carbocycles. The zero-order valence-corrected chi connectivity index (χ0v) is 10.0. The Kier molecular flexibility index (Phi) is 2.95. The minimum absolute atomic E-state index is 0.200. The standard InChI is InChI=1S/C12H11NO3S/c1-10-6-5-7-11(17(14,15)16)12(10)13-8-3-2-4-9-13/h2-9H,1H3. The van der Waals surface area contributed by atoms with Gasteiger partial charge >= 0.3 is 0 Å². The summed E-state index contributed by atoms with van der Waals surface area (Å²) in [6.45, 7) is 1.77. The number of hydrogen-bond donors (Lipinski definition) is 0. The lowest BCUT2D eigenvalue weighted by molar-refractivity contribution is -0.598. The molecule has 0 aliphatic carbocycles. The quantitative estimate of drug-likeness (QED) is 0.593. The molecule has 0 atom stereocenters. The first-order chi connectivity index (χ1) is 8.00. The van der Waals surface area contributed by atoms with E-state index >= 15 is 0 Å². The van der Waals surface area contributed by atoms with Crippen molar-refractivity contribution in [3.8, 4) is 5.69 Å². The molecule has 0 radical (unpaired) electrons. The number of pyridine rings is 1. The maximum absolute atomic E-state index is 11.2. The third-order valence-electron chi connectivity index (χ3n) is 2.44. The van der Waals surface area contributed by atoms with Gasteiger partial charge in [-0.3, -0.25) is 0 Å². The monoisotopic (exact) mass is 249 g/mol. The van der Waals surface area contributed by atoms with Crippen molar-refractivity contribution in [3.63, 3.8) is 0 Å². The average molecular weight is 249 g/mol. The van der Waals surface area contributed by atoms with Crippen LogP contribution in [0.1, 0.15) is 5.56 Å². The second-order valence-electron chi connectivity index (χ2n) is 3.66. The van der Waals surface area contributed by atoms with E-state index in [1.54, 1.807) is 48.1 Å². The van der Waals surface area contributed by atoms with E-state index in [2.05, 4.69) is 0 Å². The van der Waals surface area contributed by atoms with E-state index in [9.17, 15) is 13.0 Å². The molecule has 17 heavy (non-hydrogen) atoms. The fourth-order valence-electron chi connectivity index (χ4n) is 1.71. The van der Waals surface area contributed by atoms with E-state index in [4.69, 9.17) is 0 Å². The lowest BCUT2D eigenvalue weighted by Gasteiger charge is -2.10. The van der Waals surface area contributed by atoms with Crippen LogP contribution in [-0.4, -0.2) is 13.0 Å². The van der Waals surface area contributed by atoms with Crippen molar-refractivity contribution >= 4 is 10.1 Å². The van der Waals surface area contributed by atoms with Crippen LogP contribution in [0.5, 0.6) is 0 Å². The first-order valence-corrected chi connectivity index (χ1v) is 6.43. The third-order valence-corrected chi connectivity index (χ3v) is 3.31. The normalized spacial score (nSPS) is 11.4. The average Bonchev–Trinajstić information content (AvgIpc) is 2.28. The summed E-state index contributed by atoms with van der Waals surface area (Å²) < 4.78 is 35.3. The molecule has 2 rings (SSSR count). The molecule has 2 aromatic rings. The molecule has 0 amide bonds. The fraction of sp³-hybridized carbons (Fsp3) is 0.0833. The predicted molar refractivity (Wildman–Crippen MR) is 60.7 cm³/mol. The molecule has 88 valence electrons. The van der Waals surface area contributed by atoms with Crippen molar-refractivity contribution in [2.75, 3.05) is 0 Å². The largest absolute Gasteiger partial charge is 0.744 e. The SMILES string of the molecule is Cc1cccc(S(=O)(=O)[O-])c1-[n+]1ccccc1. The maximum Gasteiger partial charge on any atom is 0.231 e. The van der Waals surface area contributed by atoms with Gasteiger partial charge in [-0.1, -0.05) is 18.2 Å². The summed E-state index contributed by atoms with van der Waals surface area (Å²) in [5.74, 6) is 0. The van der Waals surface area contributed by atoms with Gasteiger partial charge in [0.2, 0.25) is 5.69 Å². The van der Waals surface area contributed by atoms with Gasteiger partial charge in [0.05, 0.1) is 0 Å². The number of nitrogens with zero attached hydrogens (tertiary/aromatic N) is 1. The van der Waals surface area contributed by atoms with E-state index in [1.165, 1.54) is 6.07 Å². The molecule has 0 unspecified atom stereocenters. The van der Waals surface area contributed by atoms with Crippen molar-refractivity contribution in [2.45, 2.75) is 11.8 Å². The minimum Gasteiger partial charge on any atom is -0.744 e. The molecule has 0 N–H and O–H groups in total. The molecule has 0 spiro atoms. The Hall–Kier alpha value is -1.72. The van der Waals surface area contributed by atoms with Crippen LogP contribution >= 0.6 is 0 Å². The molecular formula is C12H11NO3S. The molecule has 1 heterocycles. The van der Waals surface area contributed by atoms with Gasteiger partial charge in [-0.15, -0.1) is 0 Å². The van der Waals surface area contributed by atoms with Gasteiger partial charge < -0.3 is 4.55 Å². The van der Waals surface area contributed by atoms with Gasteiger partial charge in [0, 0.05) is 17.7 Å². The zero-order valence-electron chi connectivity index (χ0n) is 9.20. The molecule has 0 bridgehead atoms. The van der Waals surface area contributed by atoms with Crippen molar-refractivity contribution in [1.29, 1.82) is 0 Å². The van der Waals surface area contributed by atoms with E-state index in [0.717, 1.165) is 5.56 Å². The summed E-state index contributed by atoms with van der Waals surface area (Å²) in [5.41, 5.74) is 1.14. The lowest BCUT2D eigenvalue weighted by atomic mass is 10.2. The summed E-state index contributed by atoms with van der Waals surface area (Å²) in [5, 5.41) is 0. The number of para-hydroxylation sites is 1. The topological polar surface area (TPSA) is 61.1 Å². The minimum atomic E-state index is -4.47. The summed E-state index contributed by atoms with van der Waals surface area (Å²) in [6, 6.07) is 10.0. The number of benzene rings is 1. The highest BCUT2D eigenvalue weighted by molar-refractivity contribution is 7.85. The van der Waals surface area contributed by atoms with Gasteiger partial charge in [0.1, 0.15) is 15.0 Å². The Morgan fingerprint density at radius 2 is 1.71 bits per heavy atom. The van der Waals surface area contributed by atoms with Gasteiger partial charge in [0.15, 0.2) is 12.4 Å². The molecular weight excluding hydrogens is 238 g/mol. The van der Waals surface area contributed by atoms with Crippen LogP contribution in [0, 0.1) is 6.92 Å². The van der Waals surface area contributed by atoms with Crippen LogP contribution in [0.3, 0.4) is 0 Å².